The van der Waals surface area contributed by atoms with Crippen LogP contribution in [0.25, 0.3) is 5.69 Å². The van der Waals surface area contributed by atoms with Gasteiger partial charge < -0.3 is 20.1 Å². The van der Waals surface area contributed by atoms with Crippen LogP contribution in [0.4, 0.5) is 11.4 Å². The van der Waals surface area contributed by atoms with E-state index in [4.69, 9.17) is 17.2 Å². The van der Waals surface area contributed by atoms with Gasteiger partial charge in [0.2, 0.25) is 5.91 Å². The van der Waals surface area contributed by atoms with E-state index in [-0.39, 0.29) is 23.9 Å². The van der Waals surface area contributed by atoms with Crippen LogP contribution in [0.15, 0.2) is 66.9 Å². The van der Waals surface area contributed by atoms with Crippen LogP contribution in [0.5, 0.6) is 0 Å². The molecule has 2 aromatic heterocycles. The maximum atomic E-state index is 12.4. The smallest absolute Gasteiger partial charge is 0.226 e. The van der Waals surface area contributed by atoms with Gasteiger partial charge in [-0.2, -0.15) is 0 Å². The summed E-state index contributed by atoms with van der Waals surface area (Å²) in [4.78, 5) is 19.3. The molecule has 7 heteroatoms. The Kier molecular flexibility index (Phi) is 7.51. The molecule has 40 heavy (non-hydrogen) atoms. The molecular formula is C33H37N5OS. The molecule has 0 unspecified atom stereocenters. The highest BCUT2D eigenvalue weighted by atomic mass is 32.1. The Morgan fingerprint density at radius 1 is 0.975 bits per heavy atom. The van der Waals surface area contributed by atoms with Crippen molar-refractivity contribution in [1.29, 1.82) is 0 Å². The van der Waals surface area contributed by atoms with Crippen molar-refractivity contribution in [2.45, 2.75) is 60.5 Å². The molecule has 1 aliphatic rings. The van der Waals surface area contributed by atoms with Gasteiger partial charge in [0.1, 0.15) is 0 Å². The van der Waals surface area contributed by atoms with E-state index in [9.17, 15) is 4.79 Å². The van der Waals surface area contributed by atoms with Crippen LogP contribution < -0.4 is 15.5 Å². The average Bonchev–Trinajstić information content (AvgIpc) is 3.41. The van der Waals surface area contributed by atoms with E-state index in [0.29, 0.717) is 5.11 Å². The van der Waals surface area contributed by atoms with Crippen LogP contribution in [0.1, 0.15) is 65.3 Å². The van der Waals surface area contributed by atoms with Crippen molar-refractivity contribution >= 4 is 34.6 Å². The first kappa shape index (κ1) is 27.6. The lowest BCUT2D eigenvalue weighted by molar-refractivity contribution is -0.118. The molecule has 206 valence electrons. The summed E-state index contributed by atoms with van der Waals surface area (Å²) in [6, 6.07) is 20.7. The SMILES string of the molecule is Cc1ccc(C)c(-n2c(C)cc([C@H]3[C@@H](c4ccccn4)NC(=S)N3c3ccc(NC(=O)C(C)C)c(C)c3)c2C)c1. The van der Waals surface area contributed by atoms with E-state index in [1.807, 2.05) is 51.2 Å². The van der Waals surface area contributed by atoms with Gasteiger partial charge in [0.05, 0.1) is 17.8 Å². The summed E-state index contributed by atoms with van der Waals surface area (Å²) in [5.74, 6) is -0.0913. The lowest BCUT2D eigenvalue weighted by atomic mass is 9.96. The molecule has 2 N–H and O–H groups in total. The van der Waals surface area contributed by atoms with E-state index in [1.165, 1.54) is 33.8 Å². The molecule has 0 radical (unpaired) electrons. The Balaban J connectivity index is 1.64. The zero-order chi connectivity index (χ0) is 28.7. The van der Waals surface area contributed by atoms with E-state index < -0.39 is 0 Å². The van der Waals surface area contributed by atoms with Gasteiger partial charge in [0.25, 0.3) is 0 Å². The summed E-state index contributed by atoms with van der Waals surface area (Å²) in [5, 5.41) is 7.27. The number of rotatable bonds is 6. The first-order valence-electron chi connectivity index (χ1n) is 13.8. The summed E-state index contributed by atoms with van der Waals surface area (Å²) in [6.07, 6.45) is 1.83. The van der Waals surface area contributed by atoms with Crippen molar-refractivity contribution in [2.75, 3.05) is 10.2 Å². The van der Waals surface area contributed by atoms with Crippen LogP contribution in [0, 0.1) is 40.5 Å². The molecule has 5 rings (SSSR count). The Morgan fingerprint density at radius 2 is 1.75 bits per heavy atom. The van der Waals surface area contributed by atoms with Crippen molar-refractivity contribution in [2.24, 2.45) is 5.92 Å². The van der Waals surface area contributed by atoms with Gasteiger partial charge in [-0.05, 0) is 112 Å². The number of benzene rings is 2. The molecule has 6 nitrogen and oxygen atoms in total. The van der Waals surface area contributed by atoms with Crippen molar-refractivity contribution < 1.29 is 4.79 Å². The van der Waals surface area contributed by atoms with E-state index in [0.717, 1.165) is 22.6 Å². The highest BCUT2D eigenvalue weighted by Crippen LogP contribution is 2.44. The van der Waals surface area contributed by atoms with Gasteiger partial charge in [0.15, 0.2) is 5.11 Å². The monoisotopic (exact) mass is 551 g/mol. The molecule has 0 aliphatic carbocycles. The van der Waals surface area contributed by atoms with Crippen LogP contribution in [-0.4, -0.2) is 20.6 Å². The minimum Gasteiger partial charge on any atom is -0.351 e. The number of pyridine rings is 1. The number of aromatic nitrogens is 2. The average molecular weight is 552 g/mol. The Bertz CT molecular complexity index is 1590. The van der Waals surface area contributed by atoms with Crippen molar-refractivity contribution in [3.05, 3.63) is 106 Å². The third-order valence-corrected chi connectivity index (χ3v) is 8.08. The summed E-state index contributed by atoms with van der Waals surface area (Å²) < 4.78 is 2.35. The van der Waals surface area contributed by atoms with Crippen LogP contribution in [0.3, 0.4) is 0 Å². The van der Waals surface area contributed by atoms with Crippen molar-refractivity contribution in [3.8, 4) is 5.69 Å². The Labute approximate surface area is 242 Å². The molecule has 0 bridgehead atoms. The number of aryl methyl sites for hydroxylation is 4. The Hall–Kier alpha value is -3.97. The largest absolute Gasteiger partial charge is 0.351 e. The predicted molar refractivity (Wildman–Crippen MR) is 167 cm³/mol. The Morgan fingerprint density at radius 3 is 2.42 bits per heavy atom. The van der Waals surface area contributed by atoms with E-state index >= 15 is 0 Å². The normalized spacial score (nSPS) is 16.9. The number of nitrogens with one attached hydrogen (secondary N) is 2. The van der Waals surface area contributed by atoms with E-state index in [1.54, 1.807) is 0 Å². The summed E-state index contributed by atoms with van der Waals surface area (Å²) in [6.45, 7) is 14.4. The van der Waals surface area contributed by atoms with Crippen molar-refractivity contribution in [3.63, 3.8) is 0 Å². The predicted octanol–water partition coefficient (Wildman–Crippen LogP) is 7.19. The number of thiocarbonyl (C=S) groups is 1. The highest BCUT2D eigenvalue weighted by molar-refractivity contribution is 7.80. The van der Waals surface area contributed by atoms with Gasteiger partial charge in [-0.3, -0.25) is 9.78 Å². The van der Waals surface area contributed by atoms with Crippen LogP contribution >= 0.6 is 12.2 Å². The number of amides is 1. The lowest BCUT2D eigenvalue weighted by Gasteiger charge is -2.29. The first-order valence-corrected chi connectivity index (χ1v) is 14.2. The van der Waals surface area contributed by atoms with Crippen LogP contribution in [-0.2, 0) is 4.79 Å². The minimum atomic E-state index is -0.137. The fourth-order valence-corrected chi connectivity index (χ4v) is 5.93. The molecule has 0 saturated carbocycles. The quantitative estimate of drug-likeness (QED) is 0.249. The van der Waals surface area contributed by atoms with Crippen LogP contribution in [0.2, 0.25) is 0 Å². The molecule has 1 amide bonds. The molecule has 1 saturated heterocycles. The molecule has 2 atom stereocenters. The molecule has 1 fully saturated rings. The third-order valence-electron chi connectivity index (χ3n) is 7.76. The van der Waals surface area contributed by atoms with Gasteiger partial charge in [0, 0.05) is 40.6 Å². The van der Waals surface area contributed by atoms with E-state index in [2.05, 4.69) is 84.2 Å². The second kappa shape index (κ2) is 10.9. The van der Waals surface area contributed by atoms with Gasteiger partial charge >= 0.3 is 0 Å². The van der Waals surface area contributed by atoms with Crippen molar-refractivity contribution in [1.82, 2.24) is 14.9 Å². The topological polar surface area (TPSA) is 62.2 Å². The number of anilines is 2. The molecule has 3 heterocycles. The maximum Gasteiger partial charge on any atom is 0.226 e. The minimum absolute atomic E-state index is 0.00110. The standard InChI is InChI=1S/C33H37N5OS/c1-19(2)32(39)35-27-14-13-25(17-22(27)5)38-31(30(36-33(38)40)28-10-8-9-15-34-28)26-18-23(6)37(24(26)7)29-16-20(3)11-12-21(29)4/h8-19,30-31H,1-7H3,(H,35,39)(H,36,40)/t30-,31+/m1/s1. The summed E-state index contributed by atoms with van der Waals surface area (Å²) in [5.41, 5.74) is 10.9. The molecule has 0 spiro atoms. The zero-order valence-electron chi connectivity index (χ0n) is 24.2. The number of hydrogen-bond acceptors (Lipinski definition) is 3. The molecule has 1 aliphatic heterocycles. The number of nitrogens with zero attached hydrogens (tertiary/aromatic N) is 3. The van der Waals surface area contributed by atoms with Gasteiger partial charge in [-0.15, -0.1) is 0 Å². The molecule has 4 aromatic rings. The second-order valence-corrected chi connectivity index (χ2v) is 11.5. The van der Waals surface area contributed by atoms with Gasteiger partial charge in [-0.1, -0.05) is 32.0 Å². The first-order chi connectivity index (χ1) is 19.1. The highest BCUT2D eigenvalue weighted by Gasteiger charge is 2.42. The number of carbonyl (C=O) groups is 1. The number of carbonyl (C=O) groups excluding carboxylic acids is 1. The van der Waals surface area contributed by atoms with Gasteiger partial charge in [-0.25, -0.2) is 0 Å². The fraction of sp³-hybridized carbons (Fsp3) is 0.303. The fourth-order valence-electron chi connectivity index (χ4n) is 5.58. The summed E-state index contributed by atoms with van der Waals surface area (Å²) in [7, 11) is 0. The second-order valence-electron chi connectivity index (χ2n) is 11.1. The number of hydrogen-bond donors (Lipinski definition) is 2. The zero-order valence-corrected chi connectivity index (χ0v) is 25.1. The third kappa shape index (κ3) is 5.02. The lowest BCUT2D eigenvalue weighted by Crippen LogP contribution is -2.29. The molecule has 2 aromatic carbocycles. The maximum absolute atomic E-state index is 12.4. The molecular weight excluding hydrogens is 514 g/mol. The summed E-state index contributed by atoms with van der Waals surface area (Å²) >= 11 is 5.98.